The van der Waals surface area contributed by atoms with Crippen molar-refractivity contribution in [2.24, 2.45) is 7.05 Å². The van der Waals surface area contributed by atoms with Gasteiger partial charge in [0.1, 0.15) is 5.52 Å². The molecule has 1 aliphatic carbocycles. The molecule has 20 heavy (non-hydrogen) atoms. The maximum Gasteiger partial charge on any atom is 0.275 e. The van der Waals surface area contributed by atoms with E-state index in [0.29, 0.717) is 29.7 Å². The van der Waals surface area contributed by atoms with E-state index in [4.69, 9.17) is 4.52 Å². The van der Waals surface area contributed by atoms with Gasteiger partial charge in [-0.3, -0.25) is 4.79 Å². The first-order valence-corrected chi connectivity index (χ1v) is 6.69. The molecule has 0 N–H and O–H groups in total. The zero-order valence-corrected chi connectivity index (χ0v) is 11.1. The van der Waals surface area contributed by atoms with E-state index in [2.05, 4.69) is 10.1 Å². The average Bonchev–Trinajstić information content (AvgIpc) is 3.07. The monoisotopic (exact) mass is 270 g/mol. The fraction of sp³-hybridized carbons (Fsp3) is 0.357. The first-order valence-electron chi connectivity index (χ1n) is 6.69. The molecule has 1 saturated carbocycles. The maximum atomic E-state index is 12.4. The topological polar surface area (TPSA) is 65.8 Å². The van der Waals surface area contributed by atoms with Gasteiger partial charge in [-0.1, -0.05) is 5.16 Å². The third kappa shape index (κ3) is 1.76. The molecule has 3 aromatic rings. The number of hydrogen-bond acceptors (Lipinski definition) is 4. The second-order valence-electron chi connectivity index (χ2n) is 5.30. The Labute approximate surface area is 114 Å². The molecule has 0 bridgehead atoms. The summed E-state index contributed by atoms with van der Waals surface area (Å²) < 4.78 is 8.66. The van der Waals surface area contributed by atoms with E-state index in [9.17, 15) is 4.79 Å². The van der Waals surface area contributed by atoms with Crippen LogP contribution in [0.2, 0.25) is 0 Å². The number of aromatic nitrogens is 4. The van der Waals surface area contributed by atoms with Crippen LogP contribution in [0.5, 0.6) is 0 Å². The molecule has 102 valence electrons. The van der Waals surface area contributed by atoms with Crippen molar-refractivity contribution in [3.63, 3.8) is 0 Å². The standard InChI is InChI=1S/C14H14N4O2/c1-17-6-4-9-5-7-18(14(19)12(9)17)8-11-15-13(20-16-11)10-2-3-10/h4-7,10H,2-3,8H2,1H3. The number of pyridine rings is 1. The van der Waals surface area contributed by atoms with Crippen molar-refractivity contribution in [1.29, 1.82) is 0 Å². The maximum absolute atomic E-state index is 12.4. The van der Waals surface area contributed by atoms with E-state index < -0.39 is 0 Å². The van der Waals surface area contributed by atoms with E-state index in [1.165, 1.54) is 0 Å². The third-order valence-electron chi connectivity index (χ3n) is 3.72. The lowest BCUT2D eigenvalue weighted by Crippen LogP contribution is -2.21. The number of hydrogen-bond donors (Lipinski definition) is 0. The highest BCUT2D eigenvalue weighted by Gasteiger charge is 2.29. The minimum atomic E-state index is -0.0345. The highest BCUT2D eigenvalue weighted by molar-refractivity contribution is 5.78. The summed E-state index contributed by atoms with van der Waals surface area (Å²) in [5.74, 6) is 1.69. The first-order chi connectivity index (χ1) is 9.72. The molecule has 0 amide bonds. The Kier molecular flexibility index (Phi) is 2.33. The minimum absolute atomic E-state index is 0.0345. The van der Waals surface area contributed by atoms with E-state index in [1.54, 1.807) is 10.8 Å². The van der Waals surface area contributed by atoms with Crippen LogP contribution < -0.4 is 5.56 Å². The fourth-order valence-electron chi connectivity index (χ4n) is 2.44. The predicted molar refractivity (Wildman–Crippen MR) is 72.6 cm³/mol. The van der Waals surface area contributed by atoms with Crippen molar-refractivity contribution in [1.82, 2.24) is 19.3 Å². The van der Waals surface area contributed by atoms with Crippen molar-refractivity contribution in [3.05, 3.63) is 46.6 Å². The van der Waals surface area contributed by atoms with Crippen molar-refractivity contribution in [2.75, 3.05) is 0 Å². The third-order valence-corrected chi connectivity index (χ3v) is 3.72. The summed E-state index contributed by atoms with van der Waals surface area (Å²) >= 11 is 0. The Morgan fingerprint density at radius 3 is 2.95 bits per heavy atom. The van der Waals surface area contributed by atoms with Crippen molar-refractivity contribution in [2.45, 2.75) is 25.3 Å². The molecule has 0 unspecified atom stereocenters. The van der Waals surface area contributed by atoms with Gasteiger partial charge in [0.2, 0.25) is 5.89 Å². The first kappa shape index (κ1) is 11.5. The Hall–Kier alpha value is -2.37. The van der Waals surface area contributed by atoms with Crippen LogP contribution in [-0.2, 0) is 13.6 Å². The van der Waals surface area contributed by atoms with E-state index in [-0.39, 0.29) is 5.56 Å². The normalized spacial score (nSPS) is 15.1. The number of aryl methyl sites for hydroxylation is 1. The van der Waals surface area contributed by atoms with E-state index >= 15 is 0 Å². The van der Waals surface area contributed by atoms with Gasteiger partial charge in [0.25, 0.3) is 5.56 Å². The zero-order chi connectivity index (χ0) is 13.7. The largest absolute Gasteiger partial charge is 0.346 e. The van der Waals surface area contributed by atoms with Gasteiger partial charge in [-0.15, -0.1) is 0 Å². The molecule has 0 atom stereocenters. The number of fused-ring (bicyclic) bond motifs is 1. The van der Waals surface area contributed by atoms with Gasteiger partial charge < -0.3 is 13.7 Å². The van der Waals surface area contributed by atoms with Crippen LogP contribution in [0.3, 0.4) is 0 Å². The fourth-order valence-corrected chi connectivity index (χ4v) is 2.44. The van der Waals surface area contributed by atoms with Crippen LogP contribution >= 0.6 is 0 Å². The molecule has 3 heterocycles. The molecule has 6 heteroatoms. The van der Waals surface area contributed by atoms with Gasteiger partial charge in [-0.25, -0.2) is 0 Å². The quantitative estimate of drug-likeness (QED) is 0.725. The SMILES string of the molecule is Cn1ccc2ccn(Cc3noc(C4CC4)n3)c(=O)c21. The van der Waals surface area contributed by atoms with Crippen molar-refractivity contribution >= 4 is 10.9 Å². The smallest absolute Gasteiger partial charge is 0.275 e. The molecule has 0 radical (unpaired) electrons. The molecule has 1 fully saturated rings. The highest BCUT2D eigenvalue weighted by Crippen LogP contribution is 2.38. The summed E-state index contributed by atoms with van der Waals surface area (Å²) in [5, 5.41) is 4.90. The number of nitrogens with zero attached hydrogens (tertiary/aromatic N) is 4. The van der Waals surface area contributed by atoms with Crippen LogP contribution in [0.4, 0.5) is 0 Å². The summed E-state index contributed by atoms with van der Waals surface area (Å²) in [6, 6.07) is 3.86. The highest BCUT2D eigenvalue weighted by atomic mass is 16.5. The molecule has 0 aromatic carbocycles. The van der Waals surface area contributed by atoms with Gasteiger partial charge in [0, 0.05) is 30.7 Å². The second-order valence-corrected chi connectivity index (χ2v) is 5.30. The van der Waals surface area contributed by atoms with Gasteiger partial charge in [-0.05, 0) is 25.0 Å². The summed E-state index contributed by atoms with van der Waals surface area (Å²) in [6.07, 6.45) is 5.90. The van der Waals surface area contributed by atoms with Crippen LogP contribution in [-0.4, -0.2) is 19.3 Å². The Morgan fingerprint density at radius 1 is 1.35 bits per heavy atom. The Morgan fingerprint density at radius 2 is 2.15 bits per heavy atom. The zero-order valence-electron chi connectivity index (χ0n) is 11.1. The van der Waals surface area contributed by atoms with Crippen LogP contribution in [0.1, 0.15) is 30.5 Å². The summed E-state index contributed by atoms with van der Waals surface area (Å²) in [6.45, 7) is 0.343. The van der Waals surface area contributed by atoms with Gasteiger partial charge in [-0.2, -0.15) is 4.98 Å². The lowest BCUT2D eigenvalue weighted by atomic mass is 10.3. The summed E-state index contributed by atoms with van der Waals surface area (Å²) in [7, 11) is 1.87. The van der Waals surface area contributed by atoms with Crippen LogP contribution in [0.15, 0.2) is 33.8 Å². The second kappa shape index (κ2) is 4.06. The summed E-state index contributed by atoms with van der Waals surface area (Å²) in [5.41, 5.74) is 0.659. The molecule has 4 rings (SSSR count). The molecule has 1 aliphatic rings. The molecule has 3 aromatic heterocycles. The van der Waals surface area contributed by atoms with Crippen LogP contribution in [0.25, 0.3) is 10.9 Å². The molecular formula is C14H14N4O2. The van der Waals surface area contributed by atoms with Gasteiger partial charge in [0.05, 0.1) is 6.54 Å². The summed E-state index contributed by atoms with van der Waals surface area (Å²) in [4.78, 5) is 16.8. The molecule has 0 aliphatic heterocycles. The predicted octanol–water partition coefficient (Wildman–Crippen LogP) is 1.65. The Balaban J connectivity index is 1.72. The van der Waals surface area contributed by atoms with Crippen molar-refractivity contribution in [3.8, 4) is 0 Å². The lowest BCUT2D eigenvalue weighted by molar-refractivity contribution is 0.373. The molecular weight excluding hydrogens is 256 g/mol. The average molecular weight is 270 g/mol. The van der Waals surface area contributed by atoms with Gasteiger partial charge >= 0.3 is 0 Å². The minimum Gasteiger partial charge on any atom is -0.346 e. The molecule has 0 saturated heterocycles. The lowest BCUT2D eigenvalue weighted by Gasteiger charge is -2.03. The van der Waals surface area contributed by atoms with E-state index in [1.807, 2.05) is 29.9 Å². The van der Waals surface area contributed by atoms with Crippen molar-refractivity contribution < 1.29 is 4.52 Å². The van der Waals surface area contributed by atoms with Gasteiger partial charge in [0.15, 0.2) is 5.82 Å². The van der Waals surface area contributed by atoms with Crippen LogP contribution in [0, 0.1) is 0 Å². The number of rotatable bonds is 3. The Bertz CT molecular complexity index is 838. The molecule has 6 nitrogen and oxygen atoms in total. The van der Waals surface area contributed by atoms with E-state index in [0.717, 1.165) is 18.2 Å². The molecule has 0 spiro atoms.